The van der Waals surface area contributed by atoms with Crippen LogP contribution in [0, 0.1) is 0 Å². The molecule has 1 N–H and O–H groups in total. The number of hydrogen-bond donors (Lipinski definition) is 1. The Bertz CT molecular complexity index is 92.9. The molecule has 54 valence electrons. The maximum atomic E-state index is 11.7. The molecule has 4 heteroatoms. The van der Waals surface area contributed by atoms with Gasteiger partial charge in [0.2, 0.25) is 0 Å². The summed E-state index contributed by atoms with van der Waals surface area (Å²) in [5.74, 6) is 0. The van der Waals surface area contributed by atoms with Crippen LogP contribution in [0.3, 0.4) is 0 Å². The minimum absolute atomic E-state index is 0.240. The van der Waals surface area contributed by atoms with Crippen molar-refractivity contribution in [3.63, 3.8) is 0 Å². The molecule has 1 rings (SSSR count). The Hall–Kier alpha value is -0.250. The number of halogens is 3. The molecule has 1 unspecified atom stereocenters. The summed E-state index contributed by atoms with van der Waals surface area (Å²) < 4.78 is 35.1. The van der Waals surface area contributed by atoms with Crippen LogP contribution in [0.5, 0.6) is 0 Å². The molecule has 0 amide bonds. The molecule has 9 heavy (non-hydrogen) atoms. The van der Waals surface area contributed by atoms with Crippen LogP contribution >= 0.6 is 0 Å². The van der Waals surface area contributed by atoms with E-state index in [0.717, 1.165) is 0 Å². The molecule has 0 bridgehead atoms. The summed E-state index contributed by atoms with van der Waals surface area (Å²) in [6, 6.07) is -1.24. The second kappa shape index (κ2) is 2.17. The van der Waals surface area contributed by atoms with E-state index in [9.17, 15) is 13.2 Å². The van der Waals surface area contributed by atoms with Crippen LogP contribution in [0.1, 0.15) is 12.8 Å². The van der Waals surface area contributed by atoms with Gasteiger partial charge in [-0.2, -0.15) is 13.2 Å². The standard InChI is InChI=1S/C5H8F3N/c6-5(7,8)4-2-1-3-9-4/h4,9H,1-3H2. The van der Waals surface area contributed by atoms with Gasteiger partial charge in [-0.05, 0) is 19.4 Å². The molecule has 0 aromatic carbocycles. The summed E-state index contributed by atoms with van der Waals surface area (Å²) in [6.07, 6.45) is -3.15. The maximum absolute atomic E-state index is 11.7. The van der Waals surface area contributed by atoms with E-state index >= 15 is 0 Å². The van der Waals surface area contributed by atoms with Crippen LogP contribution in [0.15, 0.2) is 0 Å². The van der Waals surface area contributed by atoms with Crippen molar-refractivity contribution in [1.29, 1.82) is 0 Å². The van der Waals surface area contributed by atoms with Crippen LogP contribution in [-0.4, -0.2) is 18.8 Å². The van der Waals surface area contributed by atoms with Gasteiger partial charge in [0.1, 0.15) is 6.04 Å². The summed E-state index contributed by atoms with van der Waals surface area (Å²) in [5, 5.41) is 2.37. The summed E-state index contributed by atoms with van der Waals surface area (Å²) >= 11 is 0. The number of rotatable bonds is 0. The molecule has 0 radical (unpaired) electrons. The Balaban J connectivity index is 2.42. The van der Waals surface area contributed by atoms with E-state index in [-0.39, 0.29) is 6.42 Å². The monoisotopic (exact) mass is 139 g/mol. The summed E-state index contributed by atoms with van der Waals surface area (Å²) in [5.41, 5.74) is 0. The average Bonchev–Trinajstić information content (AvgIpc) is 2.08. The normalized spacial score (nSPS) is 29.0. The van der Waals surface area contributed by atoms with Crippen LogP contribution in [-0.2, 0) is 0 Å². The third-order valence-corrected chi connectivity index (χ3v) is 1.46. The number of nitrogens with one attached hydrogen (secondary N) is 1. The lowest BCUT2D eigenvalue weighted by Crippen LogP contribution is -2.36. The van der Waals surface area contributed by atoms with E-state index in [4.69, 9.17) is 0 Å². The fourth-order valence-corrected chi connectivity index (χ4v) is 0.964. The molecule has 1 aliphatic heterocycles. The van der Waals surface area contributed by atoms with Gasteiger partial charge in [0, 0.05) is 0 Å². The maximum Gasteiger partial charge on any atom is 0.403 e. The van der Waals surface area contributed by atoms with Crippen LogP contribution in [0.4, 0.5) is 13.2 Å². The Kier molecular flexibility index (Phi) is 1.66. The van der Waals surface area contributed by atoms with Crippen molar-refractivity contribution in [3.8, 4) is 0 Å². The highest BCUT2D eigenvalue weighted by molar-refractivity contribution is 4.80. The SMILES string of the molecule is FC(F)(F)C1CCCN1. The van der Waals surface area contributed by atoms with E-state index in [2.05, 4.69) is 5.32 Å². The zero-order chi connectivity index (χ0) is 6.91. The molecule has 0 aliphatic carbocycles. The lowest BCUT2D eigenvalue weighted by molar-refractivity contribution is -0.151. The van der Waals surface area contributed by atoms with Gasteiger partial charge in [-0.3, -0.25) is 0 Å². The first-order valence-corrected chi connectivity index (χ1v) is 2.91. The minimum Gasteiger partial charge on any atom is -0.306 e. The second-order valence-corrected chi connectivity index (χ2v) is 2.19. The molecule has 1 nitrogen and oxygen atoms in total. The van der Waals surface area contributed by atoms with E-state index in [1.165, 1.54) is 0 Å². The predicted molar refractivity (Wildman–Crippen MR) is 27.1 cm³/mol. The van der Waals surface area contributed by atoms with Crippen molar-refractivity contribution in [1.82, 2.24) is 5.32 Å². The fraction of sp³-hybridized carbons (Fsp3) is 1.00. The van der Waals surface area contributed by atoms with Gasteiger partial charge in [-0.25, -0.2) is 0 Å². The van der Waals surface area contributed by atoms with Gasteiger partial charge in [-0.15, -0.1) is 0 Å². The third kappa shape index (κ3) is 1.58. The highest BCUT2D eigenvalue weighted by Crippen LogP contribution is 2.25. The summed E-state index contributed by atoms with van der Waals surface area (Å²) in [4.78, 5) is 0. The van der Waals surface area contributed by atoms with Crippen molar-refractivity contribution in [2.24, 2.45) is 0 Å². The highest BCUT2D eigenvalue weighted by Gasteiger charge is 2.40. The smallest absolute Gasteiger partial charge is 0.306 e. The highest BCUT2D eigenvalue weighted by atomic mass is 19.4. The number of hydrogen-bond acceptors (Lipinski definition) is 1. The van der Waals surface area contributed by atoms with Gasteiger partial charge in [0.25, 0.3) is 0 Å². The summed E-state index contributed by atoms with van der Waals surface area (Å²) in [7, 11) is 0. The molecule has 1 heterocycles. The Morgan fingerprint density at radius 3 is 2.22 bits per heavy atom. The molecule has 0 saturated carbocycles. The van der Waals surface area contributed by atoms with Gasteiger partial charge < -0.3 is 5.32 Å². The van der Waals surface area contributed by atoms with E-state index in [1.54, 1.807) is 0 Å². The molecule has 0 aromatic rings. The molecule has 1 aliphatic rings. The average molecular weight is 139 g/mol. The van der Waals surface area contributed by atoms with E-state index < -0.39 is 12.2 Å². The van der Waals surface area contributed by atoms with Crippen LogP contribution in [0.2, 0.25) is 0 Å². The molecular weight excluding hydrogens is 131 g/mol. The molecule has 1 saturated heterocycles. The third-order valence-electron chi connectivity index (χ3n) is 1.46. The van der Waals surface area contributed by atoms with Crippen molar-refractivity contribution in [2.75, 3.05) is 6.54 Å². The van der Waals surface area contributed by atoms with Crippen molar-refractivity contribution >= 4 is 0 Å². The first kappa shape index (κ1) is 6.86. The molecule has 1 atom stereocenters. The van der Waals surface area contributed by atoms with Crippen LogP contribution in [0.25, 0.3) is 0 Å². The predicted octanol–water partition coefficient (Wildman–Crippen LogP) is 1.30. The minimum atomic E-state index is -4.03. The van der Waals surface area contributed by atoms with E-state index in [1.807, 2.05) is 0 Å². The zero-order valence-electron chi connectivity index (χ0n) is 4.83. The quantitative estimate of drug-likeness (QED) is 0.533. The Labute approximate surface area is 51.2 Å². The Morgan fingerprint density at radius 2 is 2.00 bits per heavy atom. The zero-order valence-corrected chi connectivity index (χ0v) is 4.83. The number of alkyl halides is 3. The molecule has 0 aromatic heterocycles. The molecule has 1 fully saturated rings. The lowest BCUT2D eigenvalue weighted by atomic mass is 10.2. The van der Waals surface area contributed by atoms with Gasteiger partial charge in [0.05, 0.1) is 0 Å². The van der Waals surface area contributed by atoms with Crippen LogP contribution < -0.4 is 5.32 Å². The van der Waals surface area contributed by atoms with Crippen molar-refractivity contribution in [2.45, 2.75) is 25.1 Å². The lowest BCUT2D eigenvalue weighted by Gasteiger charge is -2.13. The van der Waals surface area contributed by atoms with E-state index in [0.29, 0.717) is 13.0 Å². The van der Waals surface area contributed by atoms with Crippen molar-refractivity contribution in [3.05, 3.63) is 0 Å². The van der Waals surface area contributed by atoms with Crippen molar-refractivity contribution < 1.29 is 13.2 Å². The van der Waals surface area contributed by atoms with Gasteiger partial charge in [-0.1, -0.05) is 0 Å². The topological polar surface area (TPSA) is 12.0 Å². The first-order valence-electron chi connectivity index (χ1n) is 2.91. The van der Waals surface area contributed by atoms with Gasteiger partial charge in [0.15, 0.2) is 0 Å². The largest absolute Gasteiger partial charge is 0.403 e. The second-order valence-electron chi connectivity index (χ2n) is 2.19. The fourth-order valence-electron chi connectivity index (χ4n) is 0.964. The summed E-state index contributed by atoms with van der Waals surface area (Å²) in [6.45, 7) is 0.504. The molecular formula is C5H8F3N. The Morgan fingerprint density at radius 1 is 1.33 bits per heavy atom. The first-order chi connectivity index (χ1) is 4.11. The van der Waals surface area contributed by atoms with Gasteiger partial charge >= 0.3 is 6.18 Å². The molecule has 0 spiro atoms.